The zero-order chi connectivity index (χ0) is 8.48. The Kier molecular flexibility index (Phi) is 3.08. The number of piperidine rings is 1. The minimum absolute atomic E-state index is 0.0153. The van der Waals surface area contributed by atoms with E-state index in [2.05, 4.69) is 22.6 Å². The van der Waals surface area contributed by atoms with Crippen LogP contribution in [0.2, 0.25) is 0 Å². The van der Waals surface area contributed by atoms with E-state index >= 15 is 0 Å². The Morgan fingerprint density at radius 2 is 2.27 bits per heavy atom. The molecule has 1 nitrogen and oxygen atoms in total. The Morgan fingerprint density at radius 1 is 1.64 bits per heavy atom. The maximum atomic E-state index is 13.0. The molecule has 11 heavy (non-hydrogen) atoms. The van der Waals surface area contributed by atoms with Gasteiger partial charge < -0.3 is 0 Å². The summed E-state index contributed by atoms with van der Waals surface area (Å²) < 4.78 is 26.2. The minimum Gasteiger partial charge on any atom is -0.245 e. The number of rotatable bonds is 1. The molecule has 1 atom stereocenters. The highest BCUT2D eigenvalue weighted by Crippen LogP contribution is 2.34. The minimum atomic E-state index is -2.56. The molecule has 0 spiro atoms. The number of hydrogen-bond donors (Lipinski definition) is 0. The van der Waals surface area contributed by atoms with Gasteiger partial charge in [-0.1, -0.05) is 29.5 Å². The van der Waals surface area contributed by atoms with Crippen LogP contribution in [0.15, 0.2) is 0 Å². The molecule has 4 heteroatoms. The van der Waals surface area contributed by atoms with Crippen molar-refractivity contribution >= 4 is 22.6 Å². The van der Waals surface area contributed by atoms with Crippen LogP contribution in [-0.4, -0.2) is 28.0 Å². The second-order valence-electron chi connectivity index (χ2n) is 2.84. The molecule has 1 saturated heterocycles. The van der Waals surface area contributed by atoms with E-state index in [4.69, 9.17) is 0 Å². The fourth-order valence-electron chi connectivity index (χ4n) is 1.35. The molecule has 0 amide bonds. The van der Waals surface area contributed by atoms with Gasteiger partial charge in [-0.2, -0.15) is 8.78 Å². The Balaban J connectivity index is 2.56. The highest BCUT2D eigenvalue weighted by atomic mass is 127. The molecule has 0 bridgehead atoms. The van der Waals surface area contributed by atoms with Gasteiger partial charge in [0.15, 0.2) is 0 Å². The summed E-state index contributed by atoms with van der Waals surface area (Å²) >= 11 is 2.10. The summed E-state index contributed by atoms with van der Waals surface area (Å²) in [6.07, 6.45) is 0.908. The van der Waals surface area contributed by atoms with E-state index < -0.39 is 6.05 Å². The second kappa shape index (κ2) is 3.51. The lowest BCUT2D eigenvalue weighted by Crippen LogP contribution is -2.48. The third-order valence-electron chi connectivity index (χ3n) is 2.02. The smallest absolute Gasteiger partial charge is 0.245 e. The molecular weight excluding hydrogens is 263 g/mol. The number of hydrogen-bond acceptors (Lipinski definition) is 1. The summed E-state index contributed by atoms with van der Waals surface area (Å²) in [4.78, 5) is 1.25. The van der Waals surface area contributed by atoms with Gasteiger partial charge in [-0.25, -0.2) is 4.90 Å². The van der Waals surface area contributed by atoms with Gasteiger partial charge in [-0.3, -0.25) is 0 Å². The number of alkyl halides is 3. The van der Waals surface area contributed by atoms with Crippen molar-refractivity contribution in [3.8, 4) is 0 Å². The van der Waals surface area contributed by atoms with E-state index in [1.807, 2.05) is 0 Å². The van der Waals surface area contributed by atoms with Crippen molar-refractivity contribution < 1.29 is 8.78 Å². The van der Waals surface area contributed by atoms with Crippen LogP contribution in [-0.2, 0) is 0 Å². The van der Waals surface area contributed by atoms with E-state index in [1.165, 1.54) is 4.90 Å². The number of nitrogens with zero attached hydrogens (tertiary/aromatic N) is 1. The molecule has 1 fully saturated rings. The summed E-state index contributed by atoms with van der Waals surface area (Å²) in [7, 11) is 0. The van der Waals surface area contributed by atoms with E-state index in [0.29, 0.717) is 13.1 Å². The summed E-state index contributed by atoms with van der Waals surface area (Å²) in [6.45, 7) is 2.77. The van der Waals surface area contributed by atoms with Crippen molar-refractivity contribution in [2.45, 2.75) is 29.7 Å². The molecule has 0 saturated carbocycles. The Morgan fingerprint density at radius 3 is 2.73 bits per heavy atom. The predicted octanol–water partition coefficient (Wildman–Crippen LogP) is 2.50. The van der Waals surface area contributed by atoms with Crippen LogP contribution in [0.1, 0.15) is 19.8 Å². The third kappa shape index (κ3) is 2.24. The summed E-state index contributed by atoms with van der Waals surface area (Å²) in [6, 6.07) is -2.56. The van der Waals surface area contributed by atoms with E-state index in [0.717, 1.165) is 6.42 Å². The van der Waals surface area contributed by atoms with Gasteiger partial charge in [-0.05, 0) is 6.42 Å². The maximum Gasteiger partial charge on any atom is 0.305 e. The highest BCUT2D eigenvalue weighted by Gasteiger charge is 2.41. The lowest BCUT2D eigenvalue weighted by atomic mass is 10.1. The average molecular weight is 275 g/mol. The lowest BCUT2D eigenvalue weighted by Gasteiger charge is -2.36. The lowest BCUT2D eigenvalue weighted by molar-refractivity contribution is -0.162. The van der Waals surface area contributed by atoms with Crippen LogP contribution < -0.4 is 0 Å². The molecule has 1 aliphatic rings. The van der Waals surface area contributed by atoms with Gasteiger partial charge in [-0.15, -0.1) is 0 Å². The van der Waals surface area contributed by atoms with Crippen LogP contribution in [0.25, 0.3) is 0 Å². The van der Waals surface area contributed by atoms with Crippen LogP contribution in [0.5, 0.6) is 0 Å². The van der Waals surface area contributed by atoms with E-state index in [-0.39, 0.29) is 10.3 Å². The standard InChI is InChI=1S/C7H12F2IN/c1-2-11-4-3-6(10)5-7(11,8)9/h6H,2-5H2,1H3. The average Bonchev–Trinajstić information content (AvgIpc) is 1.85. The monoisotopic (exact) mass is 275 g/mol. The molecular formula is C7H12F2IN. The molecule has 0 aromatic rings. The van der Waals surface area contributed by atoms with Crippen molar-refractivity contribution in [3.63, 3.8) is 0 Å². The van der Waals surface area contributed by atoms with Crippen LogP contribution in [0, 0.1) is 0 Å². The molecule has 66 valence electrons. The van der Waals surface area contributed by atoms with Crippen LogP contribution in [0.4, 0.5) is 8.78 Å². The normalized spacial score (nSPS) is 32.2. The first kappa shape index (κ1) is 9.64. The topological polar surface area (TPSA) is 3.24 Å². The van der Waals surface area contributed by atoms with Gasteiger partial charge >= 0.3 is 6.05 Å². The molecule has 0 radical (unpaired) electrons. The van der Waals surface area contributed by atoms with Crippen LogP contribution in [0.3, 0.4) is 0 Å². The molecule has 0 aliphatic carbocycles. The molecule has 1 heterocycles. The van der Waals surface area contributed by atoms with E-state index in [9.17, 15) is 8.78 Å². The molecule has 1 unspecified atom stereocenters. The largest absolute Gasteiger partial charge is 0.305 e. The fourth-order valence-corrected chi connectivity index (χ4v) is 2.15. The van der Waals surface area contributed by atoms with Gasteiger partial charge in [0.2, 0.25) is 0 Å². The third-order valence-corrected chi connectivity index (χ3v) is 3.09. The van der Waals surface area contributed by atoms with Crippen molar-refractivity contribution in [1.29, 1.82) is 0 Å². The SMILES string of the molecule is CCN1CCC(I)CC1(F)F. The van der Waals surface area contributed by atoms with Crippen molar-refractivity contribution in [2.75, 3.05) is 13.1 Å². The zero-order valence-electron chi connectivity index (χ0n) is 6.49. The Bertz CT molecular complexity index is 140. The first-order valence-corrected chi connectivity index (χ1v) is 5.08. The molecule has 0 N–H and O–H groups in total. The fraction of sp³-hybridized carbons (Fsp3) is 1.00. The summed E-state index contributed by atoms with van der Waals surface area (Å²) in [5, 5.41) is 0. The van der Waals surface area contributed by atoms with Gasteiger partial charge in [0.05, 0.1) is 0 Å². The van der Waals surface area contributed by atoms with Crippen molar-refractivity contribution in [3.05, 3.63) is 0 Å². The number of likely N-dealkylation sites (tertiary alicyclic amines) is 1. The second-order valence-corrected chi connectivity index (χ2v) is 4.60. The van der Waals surface area contributed by atoms with Gasteiger partial charge in [0, 0.05) is 23.4 Å². The highest BCUT2D eigenvalue weighted by molar-refractivity contribution is 14.1. The molecule has 0 aromatic carbocycles. The molecule has 0 aromatic heterocycles. The van der Waals surface area contributed by atoms with Crippen molar-refractivity contribution in [1.82, 2.24) is 4.90 Å². The first-order chi connectivity index (χ1) is 5.06. The number of halogens is 3. The zero-order valence-corrected chi connectivity index (χ0v) is 8.64. The Hall–Kier alpha value is 0.550. The molecule has 1 rings (SSSR count). The van der Waals surface area contributed by atoms with E-state index in [1.54, 1.807) is 6.92 Å². The van der Waals surface area contributed by atoms with Gasteiger partial charge in [0.1, 0.15) is 0 Å². The summed E-state index contributed by atoms with van der Waals surface area (Å²) in [5.41, 5.74) is 0. The predicted molar refractivity (Wildman–Crippen MR) is 49.2 cm³/mol. The quantitative estimate of drug-likeness (QED) is 0.404. The maximum absolute atomic E-state index is 13.0. The Labute approximate surface area is 79.3 Å². The summed E-state index contributed by atoms with van der Waals surface area (Å²) in [5.74, 6) is 0. The first-order valence-electron chi connectivity index (χ1n) is 3.83. The van der Waals surface area contributed by atoms with Crippen molar-refractivity contribution in [2.24, 2.45) is 0 Å². The molecule has 1 aliphatic heterocycles. The van der Waals surface area contributed by atoms with Gasteiger partial charge in [0.25, 0.3) is 0 Å². The van der Waals surface area contributed by atoms with Crippen LogP contribution >= 0.6 is 22.6 Å².